The van der Waals surface area contributed by atoms with E-state index >= 15 is 0 Å². The van der Waals surface area contributed by atoms with Gasteiger partial charge < -0.3 is 4.57 Å². The van der Waals surface area contributed by atoms with Crippen molar-refractivity contribution < 1.29 is 0 Å². The average molecular weight is 450 g/mol. The zero-order valence-electron chi connectivity index (χ0n) is 20.3. The number of para-hydroxylation sites is 1. The van der Waals surface area contributed by atoms with Gasteiger partial charge in [-0.2, -0.15) is 0 Å². The second-order valence-electron chi connectivity index (χ2n) is 10.3. The maximum Gasteiger partial charge on any atom is 0.0544 e. The summed E-state index contributed by atoms with van der Waals surface area (Å²) in [6, 6.07) is 40.2. The lowest BCUT2D eigenvalue weighted by Gasteiger charge is -2.22. The Hall–Kier alpha value is -4.10. The lowest BCUT2D eigenvalue weighted by molar-refractivity contribution is 0.666. The summed E-state index contributed by atoms with van der Waals surface area (Å²) in [6.07, 6.45) is 0. The van der Waals surface area contributed by atoms with Crippen LogP contribution < -0.4 is 0 Å². The van der Waals surface area contributed by atoms with E-state index in [1.807, 2.05) is 0 Å². The number of aryl methyl sites for hydroxylation is 1. The molecule has 168 valence electrons. The number of rotatable bonds is 2. The zero-order chi connectivity index (χ0) is 23.7. The lowest BCUT2D eigenvalue weighted by atomic mass is 9.80. The first kappa shape index (κ1) is 20.3. The highest BCUT2D eigenvalue weighted by Crippen LogP contribution is 2.53. The highest BCUT2D eigenvalue weighted by atomic mass is 15.0. The third-order valence-corrected chi connectivity index (χ3v) is 7.84. The number of nitrogens with zero attached hydrogens (tertiary/aromatic N) is 1. The summed E-state index contributed by atoms with van der Waals surface area (Å²) in [5, 5.41) is 2.70. The molecular formula is C34H27N. The highest BCUT2D eigenvalue weighted by molar-refractivity contribution is 6.14. The van der Waals surface area contributed by atoms with Crippen LogP contribution >= 0.6 is 0 Å². The minimum Gasteiger partial charge on any atom is -0.309 e. The molecule has 1 heteroatoms. The van der Waals surface area contributed by atoms with Gasteiger partial charge in [-0.1, -0.05) is 104 Å². The molecular weight excluding hydrogens is 422 g/mol. The molecule has 1 aliphatic rings. The maximum atomic E-state index is 2.45. The standard InChI is InChI=1S/C34H27N/c1-22-15-17-23(18-16-22)24-9-8-10-25(21-24)35-30-14-7-5-12-28(30)32-31(35)20-19-27-26-11-4-6-13-29(26)34(2,3)33(27)32/h4-21H,1-3H3. The van der Waals surface area contributed by atoms with Crippen molar-refractivity contribution in [3.63, 3.8) is 0 Å². The van der Waals surface area contributed by atoms with Crippen molar-refractivity contribution in [2.24, 2.45) is 0 Å². The smallest absolute Gasteiger partial charge is 0.0544 e. The zero-order valence-corrected chi connectivity index (χ0v) is 20.3. The van der Waals surface area contributed by atoms with Gasteiger partial charge in [0.25, 0.3) is 0 Å². The van der Waals surface area contributed by atoms with Crippen LogP contribution in [0.3, 0.4) is 0 Å². The summed E-state index contributed by atoms with van der Waals surface area (Å²) in [5.74, 6) is 0. The lowest BCUT2D eigenvalue weighted by Crippen LogP contribution is -2.15. The van der Waals surface area contributed by atoms with Crippen LogP contribution in [0.1, 0.15) is 30.5 Å². The Bertz CT molecular complexity index is 1760. The summed E-state index contributed by atoms with van der Waals surface area (Å²) in [7, 11) is 0. The summed E-state index contributed by atoms with van der Waals surface area (Å²) in [4.78, 5) is 0. The predicted molar refractivity (Wildman–Crippen MR) is 149 cm³/mol. The van der Waals surface area contributed by atoms with Crippen molar-refractivity contribution in [3.8, 4) is 27.9 Å². The van der Waals surface area contributed by atoms with Crippen molar-refractivity contribution in [2.45, 2.75) is 26.2 Å². The van der Waals surface area contributed by atoms with E-state index in [9.17, 15) is 0 Å². The minimum atomic E-state index is -0.0515. The van der Waals surface area contributed by atoms with Crippen LogP contribution in [0.15, 0.2) is 109 Å². The van der Waals surface area contributed by atoms with Crippen LogP contribution in [0.2, 0.25) is 0 Å². The Morgan fingerprint density at radius 3 is 2.23 bits per heavy atom. The van der Waals surface area contributed by atoms with Crippen molar-refractivity contribution in [3.05, 3.63) is 126 Å². The van der Waals surface area contributed by atoms with Crippen LogP contribution in [0.4, 0.5) is 0 Å². The Morgan fingerprint density at radius 1 is 0.600 bits per heavy atom. The van der Waals surface area contributed by atoms with Gasteiger partial charge in [0.1, 0.15) is 0 Å². The van der Waals surface area contributed by atoms with Crippen molar-refractivity contribution in [2.75, 3.05) is 0 Å². The van der Waals surface area contributed by atoms with Crippen LogP contribution in [0, 0.1) is 6.92 Å². The van der Waals surface area contributed by atoms with Crippen molar-refractivity contribution in [1.29, 1.82) is 0 Å². The van der Waals surface area contributed by atoms with E-state index in [4.69, 9.17) is 0 Å². The SMILES string of the molecule is Cc1ccc(-c2cccc(-n3c4ccccc4c4c5c(ccc43)-c3ccccc3C5(C)C)c2)cc1. The molecule has 0 atom stereocenters. The van der Waals surface area contributed by atoms with Gasteiger partial charge in [0.05, 0.1) is 11.0 Å². The van der Waals surface area contributed by atoms with Gasteiger partial charge in [0, 0.05) is 21.9 Å². The molecule has 0 radical (unpaired) electrons. The minimum absolute atomic E-state index is 0.0515. The fraction of sp³-hybridized carbons (Fsp3) is 0.118. The molecule has 0 aliphatic heterocycles. The number of hydrogen-bond acceptors (Lipinski definition) is 0. The van der Waals surface area contributed by atoms with Crippen molar-refractivity contribution in [1.82, 2.24) is 4.57 Å². The van der Waals surface area contributed by atoms with Gasteiger partial charge in [-0.15, -0.1) is 0 Å². The molecule has 0 N–H and O–H groups in total. The largest absolute Gasteiger partial charge is 0.309 e. The average Bonchev–Trinajstić information content (AvgIpc) is 3.34. The third-order valence-electron chi connectivity index (χ3n) is 7.84. The van der Waals surface area contributed by atoms with E-state index in [1.54, 1.807) is 0 Å². The molecule has 0 saturated carbocycles. The second-order valence-corrected chi connectivity index (χ2v) is 10.3. The van der Waals surface area contributed by atoms with Gasteiger partial charge in [0.15, 0.2) is 0 Å². The molecule has 0 bridgehead atoms. The number of aromatic nitrogens is 1. The van der Waals surface area contributed by atoms with Crippen molar-refractivity contribution >= 4 is 21.8 Å². The molecule has 0 amide bonds. The monoisotopic (exact) mass is 449 g/mol. The Balaban J connectivity index is 1.54. The topological polar surface area (TPSA) is 4.93 Å². The van der Waals surface area contributed by atoms with E-state index in [0.29, 0.717) is 0 Å². The van der Waals surface area contributed by atoms with Gasteiger partial charge in [-0.05, 0) is 64.6 Å². The first-order valence-electron chi connectivity index (χ1n) is 12.4. The van der Waals surface area contributed by atoms with Gasteiger partial charge in [-0.3, -0.25) is 0 Å². The summed E-state index contributed by atoms with van der Waals surface area (Å²) < 4.78 is 2.45. The second kappa shape index (κ2) is 7.20. The molecule has 1 nitrogen and oxygen atoms in total. The Kier molecular flexibility index (Phi) is 4.17. The predicted octanol–water partition coefficient (Wildman–Crippen LogP) is 9.07. The molecule has 0 fully saturated rings. The first-order chi connectivity index (χ1) is 17.0. The molecule has 6 aromatic rings. The van der Waals surface area contributed by atoms with E-state index in [0.717, 1.165) is 0 Å². The van der Waals surface area contributed by atoms with E-state index in [2.05, 4.69) is 135 Å². The molecule has 5 aromatic carbocycles. The third kappa shape index (κ3) is 2.82. The molecule has 7 rings (SSSR count). The Labute approximate surface area is 206 Å². The van der Waals surface area contributed by atoms with Gasteiger partial charge in [-0.25, -0.2) is 0 Å². The van der Waals surface area contributed by atoms with E-state index in [-0.39, 0.29) is 5.41 Å². The summed E-state index contributed by atoms with van der Waals surface area (Å²) in [6.45, 7) is 6.89. The van der Waals surface area contributed by atoms with E-state index in [1.165, 1.54) is 66.4 Å². The number of hydrogen-bond donors (Lipinski definition) is 0. The van der Waals surface area contributed by atoms with Crippen LogP contribution in [-0.2, 0) is 5.41 Å². The fourth-order valence-corrected chi connectivity index (χ4v) is 6.18. The molecule has 0 unspecified atom stereocenters. The van der Waals surface area contributed by atoms with Crippen LogP contribution in [-0.4, -0.2) is 4.57 Å². The first-order valence-corrected chi connectivity index (χ1v) is 12.4. The van der Waals surface area contributed by atoms with Gasteiger partial charge in [0.2, 0.25) is 0 Å². The molecule has 0 saturated heterocycles. The van der Waals surface area contributed by atoms with E-state index < -0.39 is 0 Å². The Morgan fingerprint density at radius 2 is 1.37 bits per heavy atom. The van der Waals surface area contributed by atoms with Crippen LogP contribution in [0.25, 0.3) is 49.7 Å². The number of benzene rings is 5. The molecule has 1 heterocycles. The number of fused-ring (bicyclic) bond motifs is 7. The van der Waals surface area contributed by atoms with Crippen LogP contribution in [0.5, 0.6) is 0 Å². The fourth-order valence-electron chi connectivity index (χ4n) is 6.18. The maximum absolute atomic E-state index is 2.45. The molecule has 1 aliphatic carbocycles. The normalized spacial score (nSPS) is 13.8. The molecule has 1 aromatic heterocycles. The quantitative estimate of drug-likeness (QED) is 0.248. The van der Waals surface area contributed by atoms with Gasteiger partial charge >= 0.3 is 0 Å². The molecule has 35 heavy (non-hydrogen) atoms. The molecule has 0 spiro atoms. The summed E-state index contributed by atoms with van der Waals surface area (Å²) in [5.41, 5.74) is 13.0. The summed E-state index contributed by atoms with van der Waals surface area (Å²) >= 11 is 0. The highest BCUT2D eigenvalue weighted by Gasteiger charge is 2.37.